The Labute approximate surface area is 117 Å². The average Bonchev–Trinajstić information content (AvgIpc) is 2.36. The van der Waals surface area contributed by atoms with Crippen LogP contribution in [-0.2, 0) is 25.0 Å². The summed E-state index contributed by atoms with van der Waals surface area (Å²) in [6.07, 6.45) is 0. The van der Waals surface area contributed by atoms with Gasteiger partial charge in [0.1, 0.15) is 4.92 Å². The molecule has 0 unspecified atom stereocenters. The van der Waals surface area contributed by atoms with E-state index in [-0.39, 0.29) is 0 Å². The van der Waals surface area contributed by atoms with E-state index in [9.17, 15) is 29.8 Å². The molecule has 1 aromatic carbocycles. The molecule has 1 aromatic rings. The van der Waals surface area contributed by atoms with Gasteiger partial charge >= 0.3 is 17.8 Å². The Balaban J connectivity index is 3.62. The number of nitro groups is 2. The average molecular weight is 298 g/mol. The summed E-state index contributed by atoms with van der Waals surface area (Å²) in [4.78, 5) is 42.3. The van der Waals surface area contributed by atoms with Gasteiger partial charge in [-0.05, 0) is 6.07 Å². The van der Waals surface area contributed by atoms with E-state index in [4.69, 9.17) is 0 Å². The third-order valence-corrected chi connectivity index (χ3v) is 2.25. The molecule has 0 saturated carbocycles. The SMILES string of the molecule is CC(=O)OC(OC(C)=O)(c1ccccc1[N+](=O)[O-])[N+](=O)[O-]. The molecule has 10 nitrogen and oxygen atoms in total. The molecule has 0 heterocycles. The molecule has 112 valence electrons. The number of nitrogens with zero attached hydrogens (tertiary/aromatic N) is 2. The summed E-state index contributed by atoms with van der Waals surface area (Å²) in [6, 6.07) is 4.43. The highest BCUT2D eigenvalue weighted by Gasteiger charge is 2.57. The molecule has 10 heteroatoms. The van der Waals surface area contributed by atoms with Gasteiger partial charge in [-0.3, -0.25) is 29.8 Å². The second-order valence-electron chi connectivity index (χ2n) is 3.80. The van der Waals surface area contributed by atoms with Crippen molar-refractivity contribution in [3.8, 4) is 0 Å². The van der Waals surface area contributed by atoms with Gasteiger partial charge in [-0.15, -0.1) is 0 Å². The lowest BCUT2D eigenvalue weighted by molar-refractivity contribution is -0.689. The van der Waals surface area contributed by atoms with Crippen LogP contribution in [0.5, 0.6) is 0 Å². The van der Waals surface area contributed by atoms with Crippen LogP contribution in [0.1, 0.15) is 19.4 Å². The predicted molar refractivity (Wildman–Crippen MR) is 65.3 cm³/mol. The highest BCUT2D eigenvalue weighted by molar-refractivity contribution is 5.69. The van der Waals surface area contributed by atoms with Crippen molar-refractivity contribution >= 4 is 17.6 Å². The van der Waals surface area contributed by atoms with E-state index in [1.54, 1.807) is 0 Å². The Morgan fingerprint density at radius 3 is 1.90 bits per heavy atom. The molecule has 0 aliphatic heterocycles. The fourth-order valence-electron chi connectivity index (χ4n) is 1.59. The third kappa shape index (κ3) is 3.29. The van der Waals surface area contributed by atoms with Gasteiger partial charge in [0.05, 0.1) is 4.92 Å². The van der Waals surface area contributed by atoms with Crippen molar-refractivity contribution in [1.82, 2.24) is 0 Å². The second-order valence-corrected chi connectivity index (χ2v) is 3.80. The largest absolute Gasteiger partial charge is 0.566 e. The van der Waals surface area contributed by atoms with Crippen molar-refractivity contribution in [3.63, 3.8) is 0 Å². The van der Waals surface area contributed by atoms with E-state index >= 15 is 0 Å². The van der Waals surface area contributed by atoms with E-state index < -0.39 is 38.9 Å². The fourth-order valence-corrected chi connectivity index (χ4v) is 1.59. The summed E-state index contributed by atoms with van der Waals surface area (Å²) < 4.78 is 9.00. The van der Waals surface area contributed by atoms with Crippen LogP contribution >= 0.6 is 0 Å². The van der Waals surface area contributed by atoms with Gasteiger partial charge in [-0.1, -0.05) is 12.1 Å². The zero-order valence-electron chi connectivity index (χ0n) is 11.0. The van der Waals surface area contributed by atoms with Crippen molar-refractivity contribution in [1.29, 1.82) is 0 Å². The maximum atomic E-state index is 11.3. The standard InChI is InChI=1S/C11H10N2O8/c1-7(14)20-11(13(18)19,21-8(2)15)9-5-3-4-6-10(9)12(16)17/h3-6H,1-2H3. The summed E-state index contributed by atoms with van der Waals surface area (Å²) >= 11 is 0. The zero-order valence-corrected chi connectivity index (χ0v) is 11.0. The maximum absolute atomic E-state index is 11.3. The summed E-state index contributed by atoms with van der Waals surface area (Å²) in [7, 11) is 0. The number of rotatable bonds is 5. The van der Waals surface area contributed by atoms with Gasteiger partial charge in [0.15, 0.2) is 5.56 Å². The molecule has 0 amide bonds. The Hall–Kier alpha value is -3.04. The molecule has 0 saturated heterocycles. The topological polar surface area (TPSA) is 139 Å². The maximum Gasteiger partial charge on any atom is 0.566 e. The predicted octanol–water partition coefficient (Wildman–Crippen LogP) is 1.11. The number of benzene rings is 1. The van der Waals surface area contributed by atoms with Gasteiger partial charge in [0.25, 0.3) is 5.69 Å². The van der Waals surface area contributed by atoms with Gasteiger partial charge in [0, 0.05) is 19.9 Å². The Bertz CT molecular complexity index is 596. The normalized spacial score (nSPS) is 10.6. The quantitative estimate of drug-likeness (QED) is 0.341. The highest BCUT2D eigenvalue weighted by atomic mass is 16.8. The molecule has 0 N–H and O–H groups in total. The van der Waals surface area contributed by atoms with E-state index in [0.717, 1.165) is 26.0 Å². The Morgan fingerprint density at radius 2 is 1.52 bits per heavy atom. The highest BCUT2D eigenvalue weighted by Crippen LogP contribution is 2.35. The first kappa shape index (κ1) is 16.0. The molecule has 0 radical (unpaired) electrons. The number of hydrogen-bond acceptors (Lipinski definition) is 8. The van der Waals surface area contributed by atoms with Gasteiger partial charge < -0.3 is 9.47 Å². The molecule has 21 heavy (non-hydrogen) atoms. The molecule has 0 fully saturated rings. The molecule has 0 aliphatic rings. The number of carbonyl (C=O) groups excluding carboxylic acids is 2. The lowest BCUT2D eigenvalue weighted by atomic mass is 10.1. The Kier molecular flexibility index (Phi) is 4.53. The lowest BCUT2D eigenvalue weighted by Crippen LogP contribution is -2.44. The number of carbonyl (C=O) groups is 2. The monoisotopic (exact) mass is 298 g/mol. The number of ether oxygens (including phenoxy) is 2. The molecule has 0 aromatic heterocycles. The molecule has 0 atom stereocenters. The number of para-hydroxylation sites is 1. The smallest absolute Gasteiger partial charge is 0.358 e. The van der Waals surface area contributed by atoms with Crippen molar-refractivity contribution in [3.05, 3.63) is 50.1 Å². The minimum atomic E-state index is -3.11. The van der Waals surface area contributed by atoms with Crippen LogP contribution in [0.2, 0.25) is 0 Å². The molecule has 0 aliphatic carbocycles. The molecular weight excluding hydrogens is 288 g/mol. The minimum Gasteiger partial charge on any atom is -0.358 e. The van der Waals surface area contributed by atoms with Crippen LogP contribution in [0.25, 0.3) is 0 Å². The minimum absolute atomic E-state index is 0.676. The van der Waals surface area contributed by atoms with Crippen LogP contribution < -0.4 is 0 Å². The summed E-state index contributed by atoms with van der Waals surface area (Å²) in [5, 5.41) is 22.3. The van der Waals surface area contributed by atoms with Gasteiger partial charge in [0.2, 0.25) is 0 Å². The van der Waals surface area contributed by atoms with Gasteiger partial charge in [-0.25, -0.2) is 0 Å². The van der Waals surface area contributed by atoms with Crippen LogP contribution in [0.3, 0.4) is 0 Å². The van der Waals surface area contributed by atoms with E-state index in [0.29, 0.717) is 0 Å². The third-order valence-electron chi connectivity index (χ3n) is 2.25. The van der Waals surface area contributed by atoms with E-state index in [1.165, 1.54) is 12.1 Å². The molecule has 0 bridgehead atoms. The van der Waals surface area contributed by atoms with Crippen molar-refractivity contribution in [2.75, 3.05) is 0 Å². The van der Waals surface area contributed by atoms with Crippen LogP contribution in [-0.4, -0.2) is 21.8 Å². The summed E-state index contributed by atoms with van der Waals surface area (Å²) in [6.45, 7) is 1.69. The second kappa shape index (κ2) is 5.94. The van der Waals surface area contributed by atoms with Crippen molar-refractivity contribution in [2.24, 2.45) is 0 Å². The number of esters is 2. The van der Waals surface area contributed by atoms with E-state index in [2.05, 4.69) is 9.47 Å². The van der Waals surface area contributed by atoms with E-state index in [1.807, 2.05) is 0 Å². The first-order valence-corrected chi connectivity index (χ1v) is 5.48. The first-order chi connectivity index (χ1) is 9.70. The fraction of sp³-hybridized carbons (Fsp3) is 0.273. The molecule has 0 spiro atoms. The number of hydrogen-bond donors (Lipinski definition) is 0. The zero-order chi connectivity index (χ0) is 16.2. The molecular formula is C11H10N2O8. The lowest BCUT2D eigenvalue weighted by Gasteiger charge is -2.22. The Morgan fingerprint density at radius 1 is 1.05 bits per heavy atom. The first-order valence-electron chi connectivity index (χ1n) is 5.48. The summed E-state index contributed by atoms with van der Waals surface area (Å²) in [5.41, 5.74) is -1.40. The van der Waals surface area contributed by atoms with Crippen molar-refractivity contribution in [2.45, 2.75) is 19.8 Å². The molecule has 1 rings (SSSR count). The number of nitro benzene ring substituents is 1. The van der Waals surface area contributed by atoms with Crippen LogP contribution in [0.15, 0.2) is 24.3 Å². The van der Waals surface area contributed by atoms with Crippen molar-refractivity contribution < 1.29 is 28.9 Å². The van der Waals surface area contributed by atoms with Crippen LogP contribution in [0, 0.1) is 20.2 Å². The summed E-state index contributed by atoms with van der Waals surface area (Å²) in [5.74, 6) is -5.40. The van der Waals surface area contributed by atoms with Gasteiger partial charge in [-0.2, -0.15) is 0 Å². The van der Waals surface area contributed by atoms with Crippen LogP contribution in [0.4, 0.5) is 5.69 Å².